The SMILES string of the molecule is CC1(C)CCCC1(N)Cc1cc(Cl)ccc1Cl. The molecule has 1 unspecified atom stereocenters. The summed E-state index contributed by atoms with van der Waals surface area (Å²) in [5.74, 6) is 0. The standard InChI is InChI=1S/C14H19Cl2N/c1-13(2)6-3-7-14(13,17)9-10-8-11(15)4-5-12(10)16/h4-5,8H,3,6-7,9,17H2,1-2H3. The van der Waals surface area contributed by atoms with Gasteiger partial charge in [0.15, 0.2) is 0 Å². The largest absolute Gasteiger partial charge is 0.324 e. The minimum atomic E-state index is -0.165. The first kappa shape index (κ1) is 13.2. The third-order valence-electron chi connectivity index (χ3n) is 4.29. The number of halogens is 2. The van der Waals surface area contributed by atoms with Crippen LogP contribution in [0.15, 0.2) is 18.2 Å². The summed E-state index contributed by atoms with van der Waals surface area (Å²) in [6.07, 6.45) is 4.24. The summed E-state index contributed by atoms with van der Waals surface area (Å²) in [6.45, 7) is 4.50. The zero-order valence-corrected chi connectivity index (χ0v) is 11.9. The van der Waals surface area contributed by atoms with Crippen molar-refractivity contribution in [3.05, 3.63) is 33.8 Å². The second-order valence-corrected chi connectivity index (χ2v) is 6.65. The first-order valence-electron chi connectivity index (χ1n) is 6.07. The molecule has 0 aliphatic heterocycles. The maximum absolute atomic E-state index is 6.59. The third kappa shape index (κ3) is 2.47. The molecule has 1 aromatic carbocycles. The lowest BCUT2D eigenvalue weighted by Gasteiger charge is -2.38. The van der Waals surface area contributed by atoms with Crippen LogP contribution >= 0.6 is 23.2 Å². The molecule has 0 spiro atoms. The first-order valence-corrected chi connectivity index (χ1v) is 6.82. The summed E-state index contributed by atoms with van der Waals surface area (Å²) in [4.78, 5) is 0. The highest BCUT2D eigenvalue weighted by molar-refractivity contribution is 6.33. The summed E-state index contributed by atoms with van der Waals surface area (Å²) in [5, 5.41) is 1.49. The molecule has 0 amide bonds. The van der Waals surface area contributed by atoms with Crippen LogP contribution in [0.3, 0.4) is 0 Å². The average molecular weight is 272 g/mol. The molecule has 1 aliphatic rings. The van der Waals surface area contributed by atoms with E-state index in [1.165, 1.54) is 12.8 Å². The minimum Gasteiger partial charge on any atom is -0.324 e. The summed E-state index contributed by atoms with van der Waals surface area (Å²) < 4.78 is 0. The van der Waals surface area contributed by atoms with Gasteiger partial charge in [0, 0.05) is 15.6 Å². The van der Waals surface area contributed by atoms with E-state index < -0.39 is 0 Å². The van der Waals surface area contributed by atoms with Crippen LogP contribution in [0.4, 0.5) is 0 Å². The Hall–Kier alpha value is -0.240. The van der Waals surface area contributed by atoms with E-state index >= 15 is 0 Å². The van der Waals surface area contributed by atoms with Crippen molar-refractivity contribution in [2.75, 3.05) is 0 Å². The molecule has 1 atom stereocenters. The van der Waals surface area contributed by atoms with Crippen molar-refractivity contribution >= 4 is 23.2 Å². The molecule has 2 N–H and O–H groups in total. The molecule has 0 bridgehead atoms. The van der Waals surface area contributed by atoms with Crippen molar-refractivity contribution in [1.29, 1.82) is 0 Å². The molecule has 1 fully saturated rings. The minimum absolute atomic E-state index is 0.165. The second kappa shape index (κ2) is 4.46. The normalized spacial score (nSPS) is 27.4. The Kier molecular flexibility index (Phi) is 3.46. The van der Waals surface area contributed by atoms with E-state index in [1.807, 2.05) is 18.2 Å². The predicted octanol–water partition coefficient (Wildman–Crippen LogP) is 4.44. The van der Waals surface area contributed by atoms with E-state index in [0.29, 0.717) is 0 Å². The van der Waals surface area contributed by atoms with Crippen LogP contribution in [0.25, 0.3) is 0 Å². The van der Waals surface area contributed by atoms with Gasteiger partial charge in [0.05, 0.1) is 0 Å². The van der Waals surface area contributed by atoms with Gasteiger partial charge in [-0.3, -0.25) is 0 Å². The van der Waals surface area contributed by atoms with Crippen LogP contribution in [-0.2, 0) is 6.42 Å². The highest BCUT2D eigenvalue weighted by Crippen LogP contribution is 2.46. The van der Waals surface area contributed by atoms with Gasteiger partial charge >= 0.3 is 0 Å². The monoisotopic (exact) mass is 271 g/mol. The molecule has 3 heteroatoms. The molecular weight excluding hydrogens is 253 g/mol. The topological polar surface area (TPSA) is 26.0 Å². The number of rotatable bonds is 2. The summed E-state index contributed by atoms with van der Waals surface area (Å²) in [5.41, 5.74) is 7.65. The van der Waals surface area contributed by atoms with Crippen molar-refractivity contribution in [1.82, 2.24) is 0 Å². The summed E-state index contributed by atoms with van der Waals surface area (Å²) >= 11 is 12.2. The molecule has 1 saturated carbocycles. The Morgan fingerprint density at radius 3 is 2.53 bits per heavy atom. The van der Waals surface area contributed by atoms with Crippen molar-refractivity contribution < 1.29 is 0 Å². The lowest BCUT2D eigenvalue weighted by molar-refractivity contribution is 0.207. The number of benzene rings is 1. The van der Waals surface area contributed by atoms with Gasteiger partial charge in [-0.1, -0.05) is 43.5 Å². The molecule has 0 radical (unpaired) electrons. The molecule has 0 saturated heterocycles. The van der Waals surface area contributed by atoms with Gasteiger partial charge in [-0.25, -0.2) is 0 Å². The van der Waals surface area contributed by atoms with Crippen LogP contribution in [0.1, 0.15) is 38.7 Å². The Labute approximate surface area is 113 Å². The Balaban J connectivity index is 2.29. The van der Waals surface area contributed by atoms with Crippen LogP contribution < -0.4 is 5.73 Å². The number of hydrogen-bond acceptors (Lipinski definition) is 1. The van der Waals surface area contributed by atoms with Crippen molar-refractivity contribution in [3.8, 4) is 0 Å². The van der Waals surface area contributed by atoms with Gasteiger partial charge in [-0.15, -0.1) is 0 Å². The van der Waals surface area contributed by atoms with Gasteiger partial charge in [0.1, 0.15) is 0 Å². The van der Waals surface area contributed by atoms with Gasteiger partial charge in [0.25, 0.3) is 0 Å². The fraction of sp³-hybridized carbons (Fsp3) is 0.571. The molecule has 1 aromatic rings. The van der Waals surface area contributed by atoms with Crippen LogP contribution in [0.5, 0.6) is 0 Å². The molecular formula is C14H19Cl2N. The maximum atomic E-state index is 6.59. The summed E-state index contributed by atoms with van der Waals surface area (Å²) in [7, 11) is 0. The lowest BCUT2D eigenvalue weighted by atomic mass is 9.72. The zero-order valence-electron chi connectivity index (χ0n) is 10.4. The van der Waals surface area contributed by atoms with Gasteiger partial charge < -0.3 is 5.73 Å². The van der Waals surface area contributed by atoms with Gasteiger partial charge in [-0.05, 0) is 48.4 Å². The number of hydrogen-bond donors (Lipinski definition) is 1. The van der Waals surface area contributed by atoms with E-state index in [4.69, 9.17) is 28.9 Å². The van der Waals surface area contributed by atoms with Gasteiger partial charge in [-0.2, -0.15) is 0 Å². The van der Waals surface area contributed by atoms with Gasteiger partial charge in [0.2, 0.25) is 0 Å². The molecule has 94 valence electrons. The molecule has 1 aliphatic carbocycles. The highest BCUT2D eigenvalue weighted by atomic mass is 35.5. The average Bonchev–Trinajstić information content (AvgIpc) is 2.47. The quantitative estimate of drug-likeness (QED) is 0.846. The smallest absolute Gasteiger partial charge is 0.0439 e. The van der Waals surface area contributed by atoms with Crippen molar-refractivity contribution in [2.45, 2.75) is 45.1 Å². The Morgan fingerprint density at radius 1 is 1.24 bits per heavy atom. The Bertz CT molecular complexity index is 428. The van der Waals surface area contributed by atoms with Crippen LogP contribution in [0, 0.1) is 5.41 Å². The van der Waals surface area contributed by atoms with Crippen LogP contribution in [0.2, 0.25) is 10.0 Å². The lowest BCUT2D eigenvalue weighted by Crippen LogP contribution is -2.50. The predicted molar refractivity (Wildman–Crippen MR) is 74.7 cm³/mol. The zero-order chi connectivity index (χ0) is 12.7. The fourth-order valence-corrected chi connectivity index (χ4v) is 3.16. The van der Waals surface area contributed by atoms with E-state index in [-0.39, 0.29) is 11.0 Å². The van der Waals surface area contributed by atoms with Crippen molar-refractivity contribution in [2.24, 2.45) is 11.1 Å². The van der Waals surface area contributed by atoms with E-state index in [0.717, 1.165) is 28.5 Å². The molecule has 0 heterocycles. The summed E-state index contributed by atoms with van der Waals surface area (Å²) in [6, 6.07) is 5.60. The highest BCUT2D eigenvalue weighted by Gasteiger charge is 2.45. The van der Waals surface area contributed by atoms with E-state index in [2.05, 4.69) is 13.8 Å². The molecule has 17 heavy (non-hydrogen) atoms. The molecule has 2 rings (SSSR count). The van der Waals surface area contributed by atoms with Crippen LogP contribution in [-0.4, -0.2) is 5.54 Å². The first-order chi connectivity index (χ1) is 7.84. The fourth-order valence-electron chi connectivity index (χ4n) is 2.78. The van der Waals surface area contributed by atoms with Crippen molar-refractivity contribution in [3.63, 3.8) is 0 Å². The molecule has 0 aromatic heterocycles. The molecule has 1 nitrogen and oxygen atoms in total. The number of nitrogens with two attached hydrogens (primary N) is 1. The Morgan fingerprint density at radius 2 is 1.94 bits per heavy atom. The second-order valence-electron chi connectivity index (χ2n) is 5.81. The third-order valence-corrected chi connectivity index (χ3v) is 4.89. The maximum Gasteiger partial charge on any atom is 0.0439 e. The van der Waals surface area contributed by atoms with E-state index in [1.54, 1.807) is 0 Å². The van der Waals surface area contributed by atoms with E-state index in [9.17, 15) is 0 Å².